The van der Waals surface area contributed by atoms with Gasteiger partial charge in [0.2, 0.25) is 5.91 Å². The number of hydrogen-bond acceptors (Lipinski definition) is 2. The van der Waals surface area contributed by atoms with Crippen LogP contribution >= 0.6 is 0 Å². The van der Waals surface area contributed by atoms with Crippen LogP contribution in [0, 0.1) is 18.3 Å². The molecule has 15 heavy (non-hydrogen) atoms. The van der Waals surface area contributed by atoms with Crippen LogP contribution in [0.3, 0.4) is 0 Å². The largest absolute Gasteiger partial charge is 0.356 e. The Morgan fingerprint density at radius 3 is 3.00 bits per heavy atom. The summed E-state index contributed by atoms with van der Waals surface area (Å²) in [7, 11) is 0. The molecule has 0 aromatic heterocycles. The van der Waals surface area contributed by atoms with Crippen LogP contribution in [-0.4, -0.2) is 24.5 Å². The Hall–Kier alpha value is -1.01. The van der Waals surface area contributed by atoms with Crippen molar-refractivity contribution in [3.63, 3.8) is 0 Å². The maximum atomic E-state index is 11.8. The molecule has 3 unspecified atom stereocenters. The highest BCUT2D eigenvalue weighted by molar-refractivity contribution is 5.80. The third-order valence-electron chi connectivity index (χ3n) is 3.43. The lowest BCUT2D eigenvalue weighted by molar-refractivity contribution is -0.125. The standard InChI is InChI=1S/C12H18N2O/c1-2-3-4-7-13-12(15)10-8-9-5-6-11(10)14-9/h1,9-11,14H,3-8H2,(H,13,15). The predicted molar refractivity (Wildman–Crippen MR) is 59.1 cm³/mol. The number of unbranched alkanes of at least 4 members (excludes halogenated alkanes) is 1. The first-order valence-corrected chi connectivity index (χ1v) is 5.78. The van der Waals surface area contributed by atoms with E-state index in [0.717, 1.165) is 32.2 Å². The van der Waals surface area contributed by atoms with Crippen LogP contribution in [0.2, 0.25) is 0 Å². The minimum atomic E-state index is 0.203. The van der Waals surface area contributed by atoms with E-state index in [1.807, 2.05) is 0 Å². The molecule has 2 saturated heterocycles. The number of hydrogen-bond donors (Lipinski definition) is 2. The van der Waals surface area contributed by atoms with Crippen LogP contribution in [0.1, 0.15) is 32.1 Å². The van der Waals surface area contributed by atoms with Crippen LogP contribution in [0.15, 0.2) is 0 Å². The van der Waals surface area contributed by atoms with Crippen molar-refractivity contribution in [2.24, 2.45) is 5.92 Å². The van der Waals surface area contributed by atoms with E-state index in [9.17, 15) is 4.79 Å². The Labute approximate surface area is 91.0 Å². The fourth-order valence-electron chi connectivity index (χ4n) is 2.65. The average Bonchev–Trinajstić information content (AvgIpc) is 2.85. The number of carbonyl (C=O) groups is 1. The molecule has 0 radical (unpaired) electrons. The Bertz CT molecular complexity index is 282. The van der Waals surface area contributed by atoms with E-state index >= 15 is 0 Å². The minimum Gasteiger partial charge on any atom is -0.356 e. The zero-order valence-corrected chi connectivity index (χ0v) is 8.96. The fourth-order valence-corrected chi connectivity index (χ4v) is 2.65. The number of amides is 1. The molecular weight excluding hydrogens is 188 g/mol. The second kappa shape index (κ2) is 4.67. The van der Waals surface area contributed by atoms with Crippen LogP contribution < -0.4 is 10.6 Å². The molecule has 0 spiro atoms. The molecule has 0 aromatic rings. The first-order valence-electron chi connectivity index (χ1n) is 5.78. The van der Waals surface area contributed by atoms with E-state index in [0.29, 0.717) is 12.1 Å². The van der Waals surface area contributed by atoms with E-state index in [1.165, 1.54) is 6.42 Å². The van der Waals surface area contributed by atoms with E-state index in [2.05, 4.69) is 16.6 Å². The van der Waals surface area contributed by atoms with E-state index in [4.69, 9.17) is 6.42 Å². The van der Waals surface area contributed by atoms with Gasteiger partial charge in [0, 0.05) is 25.0 Å². The van der Waals surface area contributed by atoms with E-state index in [-0.39, 0.29) is 11.8 Å². The molecule has 2 fully saturated rings. The molecule has 3 heteroatoms. The summed E-state index contributed by atoms with van der Waals surface area (Å²) in [5, 5.41) is 6.44. The van der Waals surface area contributed by atoms with Gasteiger partial charge in [-0.3, -0.25) is 4.79 Å². The summed E-state index contributed by atoms with van der Waals surface area (Å²) in [5.41, 5.74) is 0. The smallest absolute Gasteiger partial charge is 0.224 e. The van der Waals surface area contributed by atoms with Crippen molar-refractivity contribution in [1.82, 2.24) is 10.6 Å². The van der Waals surface area contributed by atoms with Crippen LogP contribution in [0.4, 0.5) is 0 Å². The minimum absolute atomic E-state index is 0.203. The zero-order chi connectivity index (χ0) is 10.7. The van der Waals surface area contributed by atoms with Gasteiger partial charge in [-0.25, -0.2) is 0 Å². The van der Waals surface area contributed by atoms with E-state index in [1.54, 1.807) is 0 Å². The molecule has 0 saturated carbocycles. The van der Waals surface area contributed by atoms with Crippen molar-refractivity contribution in [3.05, 3.63) is 0 Å². The first kappa shape index (κ1) is 10.5. The second-order valence-corrected chi connectivity index (χ2v) is 4.49. The van der Waals surface area contributed by atoms with Crippen molar-refractivity contribution < 1.29 is 4.79 Å². The number of carbonyl (C=O) groups excluding carboxylic acids is 1. The lowest BCUT2D eigenvalue weighted by atomic mass is 9.88. The highest BCUT2D eigenvalue weighted by Crippen LogP contribution is 2.33. The zero-order valence-electron chi connectivity index (χ0n) is 8.96. The second-order valence-electron chi connectivity index (χ2n) is 4.49. The first-order chi connectivity index (χ1) is 7.31. The monoisotopic (exact) mass is 206 g/mol. The number of terminal acetylenes is 1. The Morgan fingerprint density at radius 1 is 1.53 bits per heavy atom. The Balaban J connectivity index is 1.70. The molecular formula is C12H18N2O. The van der Waals surface area contributed by atoms with Crippen molar-refractivity contribution >= 4 is 5.91 Å². The lowest BCUT2D eigenvalue weighted by Gasteiger charge is -2.19. The van der Waals surface area contributed by atoms with Gasteiger partial charge in [-0.2, -0.15) is 0 Å². The molecule has 0 aromatic carbocycles. The molecule has 2 aliphatic heterocycles. The van der Waals surface area contributed by atoms with Crippen molar-refractivity contribution in [1.29, 1.82) is 0 Å². The average molecular weight is 206 g/mol. The van der Waals surface area contributed by atoms with Gasteiger partial charge in [0.1, 0.15) is 0 Å². The van der Waals surface area contributed by atoms with Crippen LogP contribution in [0.25, 0.3) is 0 Å². The lowest BCUT2D eigenvalue weighted by Crippen LogP contribution is -2.37. The van der Waals surface area contributed by atoms with Gasteiger partial charge in [0.15, 0.2) is 0 Å². The Morgan fingerprint density at radius 2 is 2.40 bits per heavy atom. The molecule has 3 atom stereocenters. The maximum Gasteiger partial charge on any atom is 0.224 e. The van der Waals surface area contributed by atoms with Crippen LogP contribution in [-0.2, 0) is 4.79 Å². The molecule has 3 nitrogen and oxygen atoms in total. The Kier molecular flexibility index (Phi) is 3.27. The molecule has 2 aliphatic rings. The van der Waals surface area contributed by atoms with Gasteiger partial charge in [0.25, 0.3) is 0 Å². The van der Waals surface area contributed by atoms with E-state index < -0.39 is 0 Å². The molecule has 82 valence electrons. The van der Waals surface area contributed by atoms with Gasteiger partial charge >= 0.3 is 0 Å². The summed E-state index contributed by atoms with van der Waals surface area (Å²) < 4.78 is 0. The summed E-state index contributed by atoms with van der Waals surface area (Å²) in [6, 6.07) is 1.03. The molecule has 1 amide bonds. The number of fused-ring (bicyclic) bond motifs is 2. The fraction of sp³-hybridized carbons (Fsp3) is 0.750. The van der Waals surface area contributed by atoms with Gasteiger partial charge in [-0.15, -0.1) is 12.3 Å². The molecule has 0 aliphatic carbocycles. The van der Waals surface area contributed by atoms with Gasteiger partial charge < -0.3 is 10.6 Å². The predicted octanol–water partition coefficient (Wildman–Crippen LogP) is 0.656. The summed E-state index contributed by atoms with van der Waals surface area (Å²) >= 11 is 0. The van der Waals surface area contributed by atoms with Gasteiger partial charge in [0.05, 0.1) is 5.92 Å². The van der Waals surface area contributed by atoms with Crippen molar-refractivity contribution in [2.45, 2.75) is 44.2 Å². The number of rotatable bonds is 4. The summed E-state index contributed by atoms with van der Waals surface area (Å²) in [6.45, 7) is 0.719. The SMILES string of the molecule is C#CCCCNC(=O)C1CC2CCC1N2. The third-order valence-corrected chi connectivity index (χ3v) is 3.43. The van der Waals surface area contributed by atoms with Crippen molar-refractivity contribution in [2.75, 3.05) is 6.54 Å². The van der Waals surface area contributed by atoms with Crippen LogP contribution in [0.5, 0.6) is 0 Å². The number of nitrogens with one attached hydrogen (secondary N) is 2. The maximum absolute atomic E-state index is 11.8. The summed E-state index contributed by atoms with van der Waals surface area (Å²) in [6.07, 6.45) is 10.2. The third kappa shape index (κ3) is 2.32. The molecule has 2 heterocycles. The summed E-state index contributed by atoms with van der Waals surface area (Å²) in [5.74, 6) is 2.99. The van der Waals surface area contributed by atoms with Crippen molar-refractivity contribution in [3.8, 4) is 12.3 Å². The summed E-state index contributed by atoms with van der Waals surface area (Å²) in [4.78, 5) is 11.8. The highest BCUT2D eigenvalue weighted by Gasteiger charge is 2.42. The normalized spacial score (nSPS) is 32.6. The molecule has 2 N–H and O–H groups in total. The highest BCUT2D eigenvalue weighted by atomic mass is 16.1. The van der Waals surface area contributed by atoms with Gasteiger partial charge in [-0.1, -0.05) is 0 Å². The quantitative estimate of drug-likeness (QED) is 0.524. The topological polar surface area (TPSA) is 41.1 Å². The molecule has 2 rings (SSSR count). The van der Waals surface area contributed by atoms with Gasteiger partial charge in [-0.05, 0) is 25.7 Å². The molecule has 2 bridgehead atoms.